The highest BCUT2D eigenvalue weighted by atomic mass is 16.4. The summed E-state index contributed by atoms with van der Waals surface area (Å²) in [6.45, 7) is 4.35. The van der Waals surface area contributed by atoms with Crippen LogP contribution in [0.15, 0.2) is 30.3 Å². The van der Waals surface area contributed by atoms with E-state index in [1.165, 1.54) is 10.5 Å². The van der Waals surface area contributed by atoms with Crippen LogP contribution in [-0.4, -0.2) is 35.0 Å². The van der Waals surface area contributed by atoms with Gasteiger partial charge in [-0.1, -0.05) is 50.6 Å². The molecule has 1 N–H and O–H groups in total. The molecule has 0 aliphatic heterocycles. The van der Waals surface area contributed by atoms with Crippen molar-refractivity contribution in [3.8, 4) is 0 Å². The maximum Gasteiger partial charge on any atom is 0.323 e. The van der Waals surface area contributed by atoms with Gasteiger partial charge in [-0.2, -0.15) is 0 Å². The number of aliphatic carboxylic acids is 1. The van der Waals surface area contributed by atoms with Crippen molar-refractivity contribution < 1.29 is 14.7 Å². The van der Waals surface area contributed by atoms with Crippen molar-refractivity contribution in [3.05, 3.63) is 35.9 Å². The van der Waals surface area contributed by atoms with Crippen molar-refractivity contribution in [2.45, 2.75) is 39.5 Å². The van der Waals surface area contributed by atoms with E-state index in [2.05, 4.69) is 19.1 Å². The Morgan fingerprint density at radius 1 is 1.24 bits per heavy atom. The average Bonchev–Trinajstić information content (AvgIpc) is 2.44. The second-order valence-electron chi connectivity index (χ2n) is 5.57. The molecular formula is C17H25NO3. The third-order valence-electron chi connectivity index (χ3n) is 3.38. The number of nitrogens with zero attached hydrogens (tertiary/aromatic N) is 1. The second kappa shape index (κ2) is 9.16. The van der Waals surface area contributed by atoms with E-state index in [0.29, 0.717) is 13.0 Å². The molecule has 1 amide bonds. The first-order valence-corrected chi connectivity index (χ1v) is 7.56. The van der Waals surface area contributed by atoms with E-state index in [1.807, 2.05) is 25.1 Å². The number of rotatable bonds is 9. The maximum absolute atomic E-state index is 12.1. The molecule has 0 aromatic heterocycles. The average molecular weight is 291 g/mol. The predicted molar refractivity (Wildman–Crippen MR) is 83.1 cm³/mol. The lowest BCUT2D eigenvalue weighted by atomic mass is 10.0. The smallest absolute Gasteiger partial charge is 0.323 e. The fourth-order valence-corrected chi connectivity index (χ4v) is 2.36. The Labute approximate surface area is 126 Å². The van der Waals surface area contributed by atoms with Crippen LogP contribution in [0, 0.1) is 5.92 Å². The third kappa shape index (κ3) is 6.93. The number of hydrogen-bond acceptors (Lipinski definition) is 2. The number of amides is 1. The van der Waals surface area contributed by atoms with Crippen LogP contribution >= 0.6 is 0 Å². The summed E-state index contributed by atoms with van der Waals surface area (Å²) >= 11 is 0. The van der Waals surface area contributed by atoms with Gasteiger partial charge in [0.15, 0.2) is 0 Å². The van der Waals surface area contributed by atoms with Gasteiger partial charge >= 0.3 is 5.97 Å². The summed E-state index contributed by atoms with van der Waals surface area (Å²) in [6.07, 6.45) is 3.02. The highest BCUT2D eigenvalue weighted by Gasteiger charge is 2.18. The van der Waals surface area contributed by atoms with Crippen molar-refractivity contribution in [1.29, 1.82) is 0 Å². The molecule has 0 spiro atoms. The summed E-state index contributed by atoms with van der Waals surface area (Å²) in [5.74, 6) is -0.775. The summed E-state index contributed by atoms with van der Waals surface area (Å²) in [6, 6.07) is 10.1. The monoisotopic (exact) mass is 291 g/mol. The van der Waals surface area contributed by atoms with Gasteiger partial charge in [0.05, 0.1) is 0 Å². The quantitative estimate of drug-likeness (QED) is 0.761. The number of carboxylic acids is 1. The first-order valence-electron chi connectivity index (χ1n) is 7.56. The summed E-state index contributed by atoms with van der Waals surface area (Å²) < 4.78 is 0. The molecule has 0 fully saturated rings. The summed E-state index contributed by atoms with van der Waals surface area (Å²) in [4.78, 5) is 24.5. The van der Waals surface area contributed by atoms with Gasteiger partial charge in [0, 0.05) is 13.0 Å². The lowest BCUT2D eigenvalue weighted by Crippen LogP contribution is -2.39. The van der Waals surface area contributed by atoms with Crippen LogP contribution in [-0.2, 0) is 16.0 Å². The lowest BCUT2D eigenvalue weighted by Gasteiger charge is -2.24. The highest BCUT2D eigenvalue weighted by molar-refractivity contribution is 5.81. The molecule has 0 aliphatic rings. The standard InChI is InChI=1S/C17H25NO3/c1-3-4-10-16(19)18(13-17(20)21)12-14(2)11-15-8-6-5-7-9-15/h5-9,14H,3-4,10-13H2,1-2H3,(H,20,21)/t14-/m0/s1. The first kappa shape index (κ1) is 17.2. The molecule has 1 rings (SSSR count). The van der Waals surface area contributed by atoms with E-state index in [1.54, 1.807) is 0 Å². The van der Waals surface area contributed by atoms with E-state index < -0.39 is 5.97 Å². The van der Waals surface area contributed by atoms with Crippen LogP contribution in [0.2, 0.25) is 0 Å². The fraction of sp³-hybridized carbons (Fsp3) is 0.529. The van der Waals surface area contributed by atoms with Crippen LogP contribution in [0.5, 0.6) is 0 Å². The molecule has 1 aromatic carbocycles. The Bertz CT molecular complexity index is 445. The lowest BCUT2D eigenvalue weighted by molar-refractivity contribution is -0.144. The van der Waals surface area contributed by atoms with Gasteiger partial charge in [0.25, 0.3) is 0 Å². The number of unbranched alkanes of at least 4 members (excludes halogenated alkanes) is 1. The van der Waals surface area contributed by atoms with Gasteiger partial charge < -0.3 is 10.0 Å². The third-order valence-corrected chi connectivity index (χ3v) is 3.38. The molecule has 0 heterocycles. The molecule has 21 heavy (non-hydrogen) atoms. The SMILES string of the molecule is CCCCC(=O)N(CC(=O)O)C[C@@H](C)Cc1ccccc1. The van der Waals surface area contributed by atoms with E-state index in [4.69, 9.17) is 5.11 Å². The number of benzene rings is 1. The number of hydrogen-bond donors (Lipinski definition) is 1. The van der Waals surface area contributed by atoms with Gasteiger partial charge in [0.2, 0.25) is 5.91 Å². The van der Waals surface area contributed by atoms with E-state index >= 15 is 0 Å². The molecule has 0 unspecified atom stereocenters. The first-order chi connectivity index (χ1) is 10.0. The second-order valence-corrected chi connectivity index (χ2v) is 5.57. The van der Waals surface area contributed by atoms with Gasteiger partial charge in [-0.3, -0.25) is 9.59 Å². The molecule has 4 nitrogen and oxygen atoms in total. The Balaban J connectivity index is 2.58. The number of carboxylic acid groups (broad SMARTS) is 1. The molecular weight excluding hydrogens is 266 g/mol. The summed E-state index contributed by atoms with van der Waals surface area (Å²) in [7, 11) is 0. The minimum absolute atomic E-state index is 0.0563. The summed E-state index contributed by atoms with van der Waals surface area (Å²) in [5.41, 5.74) is 1.21. The van der Waals surface area contributed by atoms with Crippen molar-refractivity contribution >= 4 is 11.9 Å². The number of carbonyl (C=O) groups excluding carboxylic acids is 1. The number of carbonyl (C=O) groups is 2. The normalized spacial score (nSPS) is 11.9. The molecule has 116 valence electrons. The van der Waals surface area contributed by atoms with Gasteiger partial charge in [-0.25, -0.2) is 0 Å². The molecule has 4 heteroatoms. The van der Waals surface area contributed by atoms with Gasteiger partial charge in [0.1, 0.15) is 6.54 Å². The zero-order valence-electron chi connectivity index (χ0n) is 12.9. The van der Waals surface area contributed by atoms with Crippen molar-refractivity contribution in [2.75, 3.05) is 13.1 Å². The molecule has 1 atom stereocenters. The maximum atomic E-state index is 12.1. The van der Waals surface area contributed by atoms with Crippen molar-refractivity contribution in [3.63, 3.8) is 0 Å². The predicted octanol–water partition coefficient (Wildman–Crippen LogP) is 2.97. The topological polar surface area (TPSA) is 57.6 Å². The zero-order chi connectivity index (χ0) is 15.7. The van der Waals surface area contributed by atoms with Crippen LogP contribution in [0.4, 0.5) is 0 Å². The van der Waals surface area contributed by atoms with E-state index in [0.717, 1.165) is 19.3 Å². The minimum atomic E-state index is -0.952. The largest absolute Gasteiger partial charge is 0.480 e. The van der Waals surface area contributed by atoms with E-state index in [-0.39, 0.29) is 18.4 Å². The van der Waals surface area contributed by atoms with Crippen molar-refractivity contribution in [2.24, 2.45) is 5.92 Å². The van der Waals surface area contributed by atoms with Crippen LogP contribution < -0.4 is 0 Å². The van der Waals surface area contributed by atoms with Crippen LogP contribution in [0.3, 0.4) is 0 Å². The highest BCUT2D eigenvalue weighted by Crippen LogP contribution is 2.11. The van der Waals surface area contributed by atoms with Gasteiger partial charge in [-0.15, -0.1) is 0 Å². The minimum Gasteiger partial charge on any atom is -0.480 e. The molecule has 0 saturated carbocycles. The zero-order valence-corrected chi connectivity index (χ0v) is 12.9. The van der Waals surface area contributed by atoms with Crippen LogP contribution in [0.25, 0.3) is 0 Å². The fourth-order valence-electron chi connectivity index (χ4n) is 2.36. The van der Waals surface area contributed by atoms with E-state index in [9.17, 15) is 9.59 Å². The molecule has 0 bridgehead atoms. The Morgan fingerprint density at radius 2 is 1.90 bits per heavy atom. The van der Waals surface area contributed by atoms with Crippen molar-refractivity contribution in [1.82, 2.24) is 4.90 Å². The molecule has 0 radical (unpaired) electrons. The molecule has 1 aromatic rings. The molecule has 0 saturated heterocycles. The molecule has 0 aliphatic carbocycles. The Kier molecular flexibility index (Phi) is 7.51. The summed E-state index contributed by atoms with van der Waals surface area (Å²) in [5, 5.41) is 8.97. The van der Waals surface area contributed by atoms with Gasteiger partial charge in [-0.05, 0) is 24.3 Å². The Morgan fingerprint density at radius 3 is 2.48 bits per heavy atom. The van der Waals surface area contributed by atoms with Crippen LogP contribution in [0.1, 0.15) is 38.7 Å². The Hall–Kier alpha value is -1.84.